The molecule has 0 aliphatic rings. The predicted molar refractivity (Wildman–Crippen MR) is 84.7 cm³/mol. The molecule has 20 heavy (non-hydrogen) atoms. The van der Waals surface area contributed by atoms with Crippen LogP contribution in [0.4, 0.5) is 0 Å². The summed E-state index contributed by atoms with van der Waals surface area (Å²) in [6.45, 7) is 6.09. The van der Waals surface area contributed by atoms with Crippen LogP contribution in [0.5, 0.6) is 5.75 Å². The molecule has 0 saturated carbocycles. The van der Waals surface area contributed by atoms with E-state index in [0.29, 0.717) is 0 Å². The lowest BCUT2D eigenvalue weighted by molar-refractivity contribution is 0.404. The van der Waals surface area contributed by atoms with Gasteiger partial charge in [0.2, 0.25) is 0 Å². The smallest absolute Gasteiger partial charge is 0.127 e. The molecule has 0 fully saturated rings. The molecule has 2 aromatic carbocycles. The summed E-state index contributed by atoms with van der Waals surface area (Å²) >= 11 is 6.19. The van der Waals surface area contributed by atoms with Crippen LogP contribution in [0, 0.1) is 20.8 Å². The molecule has 0 spiro atoms. The minimum atomic E-state index is -0.248. The molecule has 1 atom stereocenters. The predicted octanol–water partition coefficient (Wildman–Crippen LogP) is 4.32. The molecule has 1 unspecified atom stereocenters. The van der Waals surface area contributed by atoms with Crippen molar-refractivity contribution in [2.75, 3.05) is 7.11 Å². The largest absolute Gasteiger partial charge is 0.496 e. The number of halogens is 1. The van der Waals surface area contributed by atoms with Crippen LogP contribution in [0.25, 0.3) is 0 Å². The van der Waals surface area contributed by atoms with Crippen molar-refractivity contribution >= 4 is 11.6 Å². The number of benzene rings is 2. The Bertz CT molecular complexity index is 637. The molecular weight excluding hydrogens is 270 g/mol. The summed E-state index contributed by atoms with van der Waals surface area (Å²) in [6, 6.07) is 9.78. The number of rotatable bonds is 3. The van der Waals surface area contributed by atoms with Crippen molar-refractivity contribution in [3.05, 3.63) is 63.2 Å². The second kappa shape index (κ2) is 5.86. The number of ether oxygens (including phenoxy) is 1. The lowest BCUT2D eigenvalue weighted by atomic mass is 9.94. The van der Waals surface area contributed by atoms with E-state index in [1.54, 1.807) is 7.11 Å². The minimum Gasteiger partial charge on any atom is -0.496 e. The third-order valence-corrected chi connectivity index (χ3v) is 4.21. The molecule has 3 heteroatoms. The van der Waals surface area contributed by atoms with E-state index in [-0.39, 0.29) is 6.04 Å². The van der Waals surface area contributed by atoms with Crippen LogP contribution in [-0.2, 0) is 0 Å². The normalized spacial score (nSPS) is 12.3. The summed E-state index contributed by atoms with van der Waals surface area (Å²) in [5.41, 5.74) is 11.7. The van der Waals surface area contributed by atoms with Crippen LogP contribution in [0.1, 0.15) is 33.9 Å². The molecule has 2 aromatic rings. The average Bonchev–Trinajstić information content (AvgIpc) is 2.44. The Balaban J connectivity index is 2.50. The first-order valence-corrected chi connectivity index (χ1v) is 6.99. The van der Waals surface area contributed by atoms with Gasteiger partial charge in [-0.05, 0) is 49.1 Å². The lowest BCUT2D eigenvalue weighted by Gasteiger charge is -2.19. The molecule has 0 radical (unpaired) electrons. The summed E-state index contributed by atoms with van der Waals surface area (Å²) in [7, 11) is 1.68. The summed E-state index contributed by atoms with van der Waals surface area (Å²) in [5.74, 6) is 0.856. The second-order valence-corrected chi connectivity index (χ2v) is 5.52. The number of nitrogens with two attached hydrogens (primary N) is 1. The van der Waals surface area contributed by atoms with E-state index in [0.717, 1.165) is 33.0 Å². The molecule has 0 saturated heterocycles. The van der Waals surface area contributed by atoms with E-state index >= 15 is 0 Å². The summed E-state index contributed by atoms with van der Waals surface area (Å²) < 4.78 is 5.54. The molecule has 2 nitrogen and oxygen atoms in total. The average molecular weight is 290 g/mol. The Labute approximate surface area is 125 Å². The third-order valence-electron chi connectivity index (χ3n) is 3.80. The molecule has 0 bridgehead atoms. The van der Waals surface area contributed by atoms with Gasteiger partial charge in [-0.1, -0.05) is 35.9 Å². The lowest BCUT2D eigenvalue weighted by Crippen LogP contribution is -2.14. The van der Waals surface area contributed by atoms with Gasteiger partial charge in [0.25, 0.3) is 0 Å². The maximum atomic E-state index is 6.39. The van der Waals surface area contributed by atoms with Crippen LogP contribution in [-0.4, -0.2) is 7.11 Å². The molecular formula is C17H20ClNO. The monoisotopic (exact) mass is 289 g/mol. The van der Waals surface area contributed by atoms with E-state index in [1.165, 1.54) is 5.56 Å². The van der Waals surface area contributed by atoms with E-state index in [9.17, 15) is 0 Å². The van der Waals surface area contributed by atoms with Crippen molar-refractivity contribution in [2.45, 2.75) is 26.8 Å². The van der Waals surface area contributed by atoms with Gasteiger partial charge in [-0.3, -0.25) is 0 Å². The van der Waals surface area contributed by atoms with Crippen LogP contribution in [0.2, 0.25) is 5.02 Å². The Hall–Kier alpha value is -1.51. The van der Waals surface area contributed by atoms with Crippen molar-refractivity contribution in [1.82, 2.24) is 0 Å². The standard InChI is InChI=1S/C17H20ClNO/c1-10-6-8-14(17(20-4)12(10)3)16(19)13-7-5-11(2)15(18)9-13/h5-9,16H,19H2,1-4H3. The van der Waals surface area contributed by atoms with Gasteiger partial charge in [-0.15, -0.1) is 0 Å². The van der Waals surface area contributed by atoms with Gasteiger partial charge in [0.1, 0.15) is 5.75 Å². The van der Waals surface area contributed by atoms with Gasteiger partial charge in [0.15, 0.2) is 0 Å². The third kappa shape index (κ3) is 2.67. The SMILES string of the molecule is COc1c(C(N)c2ccc(C)c(Cl)c2)ccc(C)c1C. The molecule has 0 aromatic heterocycles. The maximum absolute atomic E-state index is 6.39. The van der Waals surface area contributed by atoms with Gasteiger partial charge in [-0.25, -0.2) is 0 Å². The molecule has 106 valence electrons. The molecule has 2 N–H and O–H groups in total. The first kappa shape index (κ1) is 14.9. The summed E-state index contributed by atoms with van der Waals surface area (Å²) in [4.78, 5) is 0. The van der Waals surface area contributed by atoms with Gasteiger partial charge in [-0.2, -0.15) is 0 Å². The van der Waals surface area contributed by atoms with Crippen LogP contribution in [0.3, 0.4) is 0 Å². The van der Waals surface area contributed by atoms with Gasteiger partial charge >= 0.3 is 0 Å². The molecule has 2 rings (SSSR count). The Morgan fingerprint density at radius 3 is 2.30 bits per heavy atom. The summed E-state index contributed by atoms with van der Waals surface area (Å²) in [6.07, 6.45) is 0. The highest BCUT2D eigenvalue weighted by molar-refractivity contribution is 6.31. The van der Waals surface area contributed by atoms with Crippen molar-refractivity contribution in [2.24, 2.45) is 5.73 Å². The van der Waals surface area contributed by atoms with E-state index in [2.05, 4.69) is 13.0 Å². The maximum Gasteiger partial charge on any atom is 0.127 e. The molecule has 0 amide bonds. The highest BCUT2D eigenvalue weighted by Crippen LogP contribution is 2.33. The number of aryl methyl sites for hydroxylation is 2. The number of hydrogen-bond acceptors (Lipinski definition) is 2. The fourth-order valence-corrected chi connectivity index (χ4v) is 2.50. The Morgan fingerprint density at radius 2 is 1.70 bits per heavy atom. The second-order valence-electron chi connectivity index (χ2n) is 5.12. The topological polar surface area (TPSA) is 35.2 Å². The highest BCUT2D eigenvalue weighted by atomic mass is 35.5. The quantitative estimate of drug-likeness (QED) is 0.913. The van der Waals surface area contributed by atoms with Crippen molar-refractivity contribution in [1.29, 1.82) is 0 Å². The van der Waals surface area contributed by atoms with Gasteiger partial charge < -0.3 is 10.5 Å². The van der Waals surface area contributed by atoms with E-state index < -0.39 is 0 Å². The molecule has 0 heterocycles. The fraction of sp³-hybridized carbons (Fsp3) is 0.294. The fourth-order valence-electron chi connectivity index (χ4n) is 2.31. The molecule has 0 aliphatic carbocycles. The van der Waals surface area contributed by atoms with Crippen molar-refractivity contribution in [3.8, 4) is 5.75 Å². The first-order chi connectivity index (χ1) is 9.45. The van der Waals surface area contributed by atoms with Crippen LogP contribution < -0.4 is 10.5 Å². The van der Waals surface area contributed by atoms with Gasteiger partial charge in [0, 0.05) is 10.6 Å². The zero-order chi connectivity index (χ0) is 14.9. The molecule has 0 aliphatic heterocycles. The van der Waals surface area contributed by atoms with Crippen molar-refractivity contribution < 1.29 is 4.74 Å². The highest BCUT2D eigenvalue weighted by Gasteiger charge is 2.17. The zero-order valence-corrected chi connectivity index (χ0v) is 13.1. The first-order valence-electron chi connectivity index (χ1n) is 6.61. The summed E-state index contributed by atoms with van der Waals surface area (Å²) in [5, 5.41) is 0.737. The Morgan fingerprint density at radius 1 is 1.05 bits per heavy atom. The Kier molecular flexibility index (Phi) is 4.36. The van der Waals surface area contributed by atoms with Crippen LogP contribution >= 0.6 is 11.6 Å². The zero-order valence-electron chi connectivity index (χ0n) is 12.3. The number of methoxy groups -OCH3 is 1. The van der Waals surface area contributed by atoms with Crippen molar-refractivity contribution in [3.63, 3.8) is 0 Å². The van der Waals surface area contributed by atoms with E-state index in [4.69, 9.17) is 22.1 Å². The minimum absolute atomic E-state index is 0.248. The van der Waals surface area contributed by atoms with E-state index in [1.807, 2.05) is 38.1 Å². The number of hydrogen-bond donors (Lipinski definition) is 1. The van der Waals surface area contributed by atoms with Crippen LogP contribution in [0.15, 0.2) is 30.3 Å². The van der Waals surface area contributed by atoms with Gasteiger partial charge in [0.05, 0.1) is 13.2 Å².